The van der Waals surface area contributed by atoms with E-state index in [0.717, 1.165) is 49.7 Å². The van der Waals surface area contributed by atoms with E-state index in [9.17, 15) is 0 Å². The summed E-state index contributed by atoms with van der Waals surface area (Å²) < 4.78 is 0. The van der Waals surface area contributed by atoms with Crippen molar-refractivity contribution in [3.8, 4) is 0 Å². The van der Waals surface area contributed by atoms with Crippen LogP contribution in [0.25, 0.3) is 0 Å². The molecule has 0 aromatic rings. The van der Waals surface area contributed by atoms with Crippen molar-refractivity contribution in [2.24, 2.45) is 0 Å². The van der Waals surface area contributed by atoms with Crippen LogP contribution in [0, 0.1) is 0 Å². The number of hydrogen-bond donors (Lipinski definition) is 0. The summed E-state index contributed by atoms with van der Waals surface area (Å²) in [7, 11) is 0. The zero-order chi connectivity index (χ0) is 16.0. The van der Waals surface area contributed by atoms with E-state index in [1.54, 1.807) is 0 Å². The highest BCUT2D eigenvalue weighted by Crippen LogP contribution is 2.09. The van der Waals surface area contributed by atoms with Gasteiger partial charge in [-0.15, -0.1) is 13.2 Å². The van der Waals surface area contributed by atoms with Gasteiger partial charge in [-0.1, -0.05) is 60.8 Å². The summed E-state index contributed by atoms with van der Waals surface area (Å²) in [5, 5.41) is 0. The zero-order valence-corrected chi connectivity index (χ0v) is 13.6. The maximum atomic E-state index is 3.82. The Labute approximate surface area is 127 Å². The highest BCUT2D eigenvalue weighted by atomic mass is 14.0. The summed E-state index contributed by atoms with van der Waals surface area (Å²) in [5.74, 6) is 0. The van der Waals surface area contributed by atoms with Crippen molar-refractivity contribution >= 4 is 0 Å². The molecule has 0 radical (unpaired) electrons. The van der Waals surface area contributed by atoms with E-state index in [4.69, 9.17) is 0 Å². The van der Waals surface area contributed by atoms with Crippen LogP contribution in [-0.2, 0) is 0 Å². The average Bonchev–Trinajstić information content (AvgIpc) is 2.38. The standard InChI is InChI=1S/2C10H16/c2*1-5-10(4)8-6-7-9(2)3/h2*5H,1-2,4,6-8H2,3H3. The summed E-state index contributed by atoms with van der Waals surface area (Å²) in [6.45, 7) is 26.7. The lowest BCUT2D eigenvalue weighted by atomic mass is 10.1. The Bertz CT molecular complexity index is 316. The molecule has 0 atom stereocenters. The van der Waals surface area contributed by atoms with Gasteiger partial charge in [0, 0.05) is 0 Å². The van der Waals surface area contributed by atoms with Crippen LogP contribution in [0.5, 0.6) is 0 Å². The molecule has 0 saturated carbocycles. The quantitative estimate of drug-likeness (QED) is 0.298. The fourth-order valence-electron chi connectivity index (χ4n) is 1.44. The molecule has 0 spiro atoms. The highest BCUT2D eigenvalue weighted by molar-refractivity contribution is 5.11. The molecule has 0 fully saturated rings. The summed E-state index contributed by atoms with van der Waals surface area (Å²) in [6.07, 6.45) is 10.3. The van der Waals surface area contributed by atoms with Crippen molar-refractivity contribution in [3.63, 3.8) is 0 Å². The summed E-state index contributed by atoms with van der Waals surface area (Å²) in [6, 6.07) is 0. The Balaban J connectivity index is 0. The van der Waals surface area contributed by atoms with Crippen molar-refractivity contribution in [3.05, 3.63) is 73.9 Å². The maximum Gasteiger partial charge on any atom is -0.0282 e. The lowest BCUT2D eigenvalue weighted by molar-refractivity contribution is 0.819. The van der Waals surface area contributed by atoms with Gasteiger partial charge >= 0.3 is 0 Å². The van der Waals surface area contributed by atoms with Crippen LogP contribution < -0.4 is 0 Å². The van der Waals surface area contributed by atoms with Gasteiger partial charge in [0.15, 0.2) is 0 Å². The highest BCUT2D eigenvalue weighted by Gasteiger charge is 1.90. The fraction of sp³-hybridized carbons (Fsp3) is 0.400. The van der Waals surface area contributed by atoms with Gasteiger partial charge in [0.2, 0.25) is 0 Å². The fourth-order valence-corrected chi connectivity index (χ4v) is 1.44. The van der Waals surface area contributed by atoms with Crippen molar-refractivity contribution in [1.29, 1.82) is 0 Å². The van der Waals surface area contributed by atoms with Crippen molar-refractivity contribution < 1.29 is 0 Å². The maximum absolute atomic E-state index is 3.82. The number of rotatable bonds is 10. The smallest absolute Gasteiger partial charge is 0.0282 e. The Hall–Kier alpha value is -1.56. The van der Waals surface area contributed by atoms with Crippen molar-refractivity contribution in [2.75, 3.05) is 0 Å². The van der Waals surface area contributed by atoms with Gasteiger partial charge in [-0.25, -0.2) is 0 Å². The van der Waals surface area contributed by atoms with Crippen molar-refractivity contribution in [2.45, 2.75) is 52.4 Å². The predicted octanol–water partition coefficient (Wildman–Crippen LogP) is 6.95. The predicted molar refractivity (Wildman–Crippen MR) is 96.0 cm³/mol. The molecule has 0 aromatic carbocycles. The largest absolute Gasteiger partial charge is 0.100 e. The molecule has 112 valence electrons. The normalized spacial score (nSPS) is 8.90. The topological polar surface area (TPSA) is 0 Å². The Kier molecular flexibility index (Phi) is 14.4. The minimum absolute atomic E-state index is 1.05. The molecule has 0 heterocycles. The van der Waals surface area contributed by atoms with Crippen LogP contribution in [0.3, 0.4) is 0 Å². The zero-order valence-electron chi connectivity index (χ0n) is 13.6. The van der Waals surface area contributed by atoms with Crippen LogP contribution in [0.1, 0.15) is 52.4 Å². The molecular formula is C20H32. The van der Waals surface area contributed by atoms with Gasteiger partial charge in [-0.05, 0) is 52.4 Å². The number of hydrogen-bond acceptors (Lipinski definition) is 0. The summed E-state index contributed by atoms with van der Waals surface area (Å²) in [5.41, 5.74) is 4.75. The van der Waals surface area contributed by atoms with E-state index in [1.807, 2.05) is 12.2 Å². The lowest BCUT2D eigenvalue weighted by Gasteiger charge is -1.98. The molecule has 0 heteroatoms. The molecule has 0 nitrogen and oxygen atoms in total. The van der Waals surface area contributed by atoms with E-state index in [2.05, 4.69) is 53.3 Å². The van der Waals surface area contributed by atoms with E-state index in [1.165, 1.54) is 11.1 Å². The van der Waals surface area contributed by atoms with Crippen LogP contribution in [0.2, 0.25) is 0 Å². The van der Waals surface area contributed by atoms with Gasteiger partial charge in [0.1, 0.15) is 0 Å². The molecule has 0 saturated heterocycles. The molecule has 0 unspecified atom stereocenters. The molecule has 20 heavy (non-hydrogen) atoms. The van der Waals surface area contributed by atoms with Crippen LogP contribution >= 0.6 is 0 Å². The first-order chi connectivity index (χ1) is 9.33. The van der Waals surface area contributed by atoms with E-state index >= 15 is 0 Å². The molecule has 0 aromatic heterocycles. The first-order valence-electron chi connectivity index (χ1n) is 7.22. The Morgan fingerprint density at radius 1 is 0.650 bits per heavy atom. The van der Waals surface area contributed by atoms with Crippen molar-refractivity contribution in [1.82, 2.24) is 0 Å². The van der Waals surface area contributed by atoms with Gasteiger partial charge in [-0.3, -0.25) is 0 Å². The Morgan fingerprint density at radius 2 is 0.950 bits per heavy atom. The van der Waals surface area contributed by atoms with E-state index in [-0.39, 0.29) is 0 Å². The van der Waals surface area contributed by atoms with E-state index < -0.39 is 0 Å². The second-order valence-corrected chi connectivity index (χ2v) is 5.35. The van der Waals surface area contributed by atoms with Gasteiger partial charge < -0.3 is 0 Å². The SMILES string of the molecule is C=CC(=C)CCCC(=C)C.C=CC(=C)CCCC(=C)C. The third-order valence-corrected chi connectivity index (χ3v) is 2.78. The first-order valence-corrected chi connectivity index (χ1v) is 7.22. The second kappa shape index (κ2) is 13.9. The molecule has 0 amide bonds. The average molecular weight is 272 g/mol. The number of allylic oxidation sites excluding steroid dienone is 6. The minimum atomic E-state index is 1.05. The molecule has 0 bridgehead atoms. The Morgan fingerprint density at radius 3 is 1.15 bits per heavy atom. The minimum Gasteiger partial charge on any atom is -0.100 e. The third kappa shape index (κ3) is 18.8. The van der Waals surface area contributed by atoms with Crippen LogP contribution in [0.15, 0.2) is 73.9 Å². The van der Waals surface area contributed by atoms with Gasteiger partial charge in [-0.2, -0.15) is 0 Å². The first kappa shape index (κ1) is 20.8. The molecule has 0 N–H and O–H groups in total. The van der Waals surface area contributed by atoms with Crippen LogP contribution in [0.4, 0.5) is 0 Å². The van der Waals surface area contributed by atoms with Gasteiger partial charge in [0.05, 0.1) is 0 Å². The van der Waals surface area contributed by atoms with E-state index in [0.29, 0.717) is 0 Å². The molecular weight excluding hydrogens is 240 g/mol. The monoisotopic (exact) mass is 272 g/mol. The van der Waals surface area contributed by atoms with Crippen LogP contribution in [-0.4, -0.2) is 0 Å². The lowest BCUT2D eigenvalue weighted by Crippen LogP contribution is -1.78. The molecule has 0 aliphatic rings. The molecule has 0 rings (SSSR count). The molecule has 0 aliphatic heterocycles. The second-order valence-electron chi connectivity index (χ2n) is 5.35. The summed E-state index contributed by atoms with van der Waals surface area (Å²) >= 11 is 0. The van der Waals surface area contributed by atoms with Gasteiger partial charge in [0.25, 0.3) is 0 Å². The summed E-state index contributed by atoms with van der Waals surface area (Å²) in [4.78, 5) is 0. The molecule has 0 aliphatic carbocycles. The third-order valence-electron chi connectivity index (χ3n) is 2.78.